The number of rotatable bonds is 2. The van der Waals surface area contributed by atoms with Crippen molar-refractivity contribution in [3.05, 3.63) is 18.2 Å². The van der Waals surface area contributed by atoms with E-state index in [9.17, 15) is 0 Å². The first-order chi connectivity index (χ1) is 14.5. The van der Waals surface area contributed by atoms with E-state index in [1.54, 1.807) is 12.4 Å². The van der Waals surface area contributed by atoms with Crippen molar-refractivity contribution >= 4 is 22.9 Å². The van der Waals surface area contributed by atoms with Gasteiger partial charge in [0.05, 0.1) is 12.2 Å². The zero-order valence-corrected chi connectivity index (χ0v) is 17.4. The van der Waals surface area contributed by atoms with Gasteiger partial charge in [0.15, 0.2) is 22.8 Å². The average molecular weight is 406 g/mol. The van der Waals surface area contributed by atoms with Crippen LogP contribution in [0.4, 0.5) is 11.8 Å². The molecule has 6 heterocycles. The third-order valence-electron chi connectivity index (χ3n) is 6.81. The van der Waals surface area contributed by atoms with Gasteiger partial charge in [0.25, 0.3) is 0 Å². The summed E-state index contributed by atoms with van der Waals surface area (Å²) in [5.41, 5.74) is 7.72. The molecule has 0 spiro atoms. The number of hydrogen-bond donors (Lipinski definition) is 1. The van der Waals surface area contributed by atoms with E-state index in [4.69, 9.17) is 25.4 Å². The molecule has 0 atom stereocenters. The number of imidazole rings is 1. The van der Waals surface area contributed by atoms with Gasteiger partial charge in [-0.05, 0) is 45.4 Å². The third-order valence-corrected chi connectivity index (χ3v) is 6.81. The van der Waals surface area contributed by atoms with E-state index in [2.05, 4.69) is 33.3 Å². The molecule has 156 valence electrons. The first-order valence-electron chi connectivity index (χ1n) is 10.8. The van der Waals surface area contributed by atoms with E-state index in [0.29, 0.717) is 18.5 Å². The maximum atomic E-state index is 6.01. The van der Waals surface area contributed by atoms with Crippen molar-refractivity contribution in [2.75, 3.05) is 23.8 Å². The van der Waals surface area contributed by atoms with Gasteiger partial charge in [0.1, 0.15) is 11.4 Å². The van der Waals surface area contributed by atoms with Crippen LogP contribution in [-0.4, -0.2) is 48.7 Å². The standard InChI is InChI=1S/C21H26N8O/c1-21(2)19-25-15-17(28(19)7-8-30-21)26-16(13-9-23-20(22)24-10-13)27-18(15)29-11-12-3-5-14(29)6-4-12/h9-10,12,14H,3-8,11H2,1-2H3,(H2,22,23,24). The molecule has 3 aromatic heterocycles. The van der Waals surface area contributed by atoms with E-state index < -0.39 is 5.60 Å². The smallest absolute Gasteiger partial charge is 0.219 e. The third kappa shape index (κ3) is 2.68. The Labute approximate surface area is 174 Å². The first kappa shape index (κ1) is 18.0. The Balaban J connectivity index is 1.59. The van der Waals surface area contributed by atoms with Crippen molar-refractivity contribution in [3.8, 4) is 11.4 Å². The lowest BCUT2D eigenvalue weighted by Gasteiger charge is -2.46. The molecular weight excluding hydrogens is 380 g/mol. The maximum Gasteiger partial charge on any atom is 0.219 e. The Bertz CT molecular complexity index is 1110. The van der Waals surface area contributed by atoms with Gasteiger partial charge in [-0.2, -0.15) is 0 Å². The zero-order valence-electron chi connectivity index (χ0n) is 17.4. The highest BCUT2D eigenvalue weighted by molar-refractivity contribution is 5.86. The Hall–Kier alpha value is -2.81. The van der Waals surface area contributed by atoms with Crippen molar-refractivity contribution < 1.29 is 4.74 Å². The Morgan fingerprint density at radius 1 is 1.07 bits per heavy atom. The molecule has 3 aromatic rings. The molecule has 3 fully saturated rings. The SMILES string of the molecule is CC1(C)OCCn2c1nc1c(N3CC4CCC3CC4)nc(-c3cnc(N)nc3)nc12. The van der Waals surface area contributed by atoms with Crippen LogP contribution in [0.25, 0.3) is 22.6 Å². The minimum absolute atomic E-state index is 0.244. The predicted octanol–water partition coefficient (Wildman–Crippen LogP) is 2.51. The van der Waals surface area contributed by atoms with Crippen LogP contribution >= 0.6 is 0 Å². The normalized spacial score (nSPS) is 24.9. The number of nitrogens with two attached hydrogens (primary N) is 1. The van der Waals surface area contributed by atoms with E-state index in [-0.39, 0.29) is 5.95 Å². The minimum Gasteiger partial charge on any atom is -0.368 e. The molecule has 1 saturated carbocycles. The number of nitrogens with zero attached hydrogens (tertiary/aromatic N) is 7. The molecular formula is C21H26N8O. The highest BCUT2D eigenvalue weighted by Gasteiger charge is 2.38. The molecule has 0 amide bonds. The molecule has 9 nitrogen and oxygen atoms in total. The summed E-state index contributed by atoms with van der Waals surface area (Å²) in [5.74, 6) is 3.44. The molecule has 2 saturated heterocycles. The van der Waals surface area contributed by atoms with Crippen molar-refractivity contribution in [2.24, 2.45) is 5.92 Å². The Kier molecular flexibility index (Phi) is 3.80. The van der Waals surface area contributed by atoms with Crippen LogP contribution in [0.3, 0.4) is 0 Å². The predicted molar refractivity (Wildman–Crippen MR) is 113 cm³/mol. The average Bonchev–Trinajstić information content (AvgIpc) is 3.15. The molecule has 2 N–H and O–H groups in total. The van der Waals surface area contributed by atoms with Crippen molar-refractivity contribution in [2.45, 2.75) is 57.7 Å². The summed E-state index contributed by atoms with van der Waals surface area (Å²) >= 11 is 0. The number of hydrogen-bond acceptors (Lipinski definition) is 8. The minimum atomic E-state index is -0.457. The molecule has 4 aliphatic rings. The number of nitrogen functional groups attached to an aromatic ring is 1. The second kappa shape index (κ2) is 6.34. The second-order valence-electron chi connectivity index (χ2n) is 9.15. The summed E-state index contributed by atoms with van der Waals surface area (Å²) in [4.78, 5) is 25.7. The molecule has 0 radical (unpaired) electrons. The largest absolute Gasteiger partial charge is 0.368 e. The fourth-order valence-electron chi connectivity index (χ4n) is 5.22. The van der Waals surface area contributed by atoms with E-state index in [0.717, 1.165) is 47.4 Å². The molecule has 3 aliphatic heterocycles. The lowest BCUT2D eigenvalue weighted by Crippen LogP contribution is -2.48. The van der Waals surface area contributed by atoms with Gasteiger partial charge in [-0.1, -0.05) is 0 Å². The van der Waals surface area contributed by atoms with E-state index in [1.807, 2.05) is 0 Å². The van der Waals surface area contributed by atoms with Gasteiger partial charge in [-0.25, -0.2) is 24.9 Å². The van der Waals surface area contributed by atoms with Crippen molar-refractivity contribution in [1.82, 2.24) is 29.5 Å². The van der Waals surface area contributed by atoms with Crippen molar-refractivity contribution in [1.29, 1.82) is 0 Å². The number of piperidine rings is 2. The molecule has 1 aliphatic carbocycles. The number of fused-ring (bicyclic) bond motifs is 6. The maximum absolute atomic E-state index is 6.01. The summed E-state index contributed by atoms with van der Waals surface area (Å²) in [6.45, 7) is 6.54. The van der Waals surface area contributed by atoms with Crippen molar-refractivity contribution in [3.63, 3.8) is 0 Å². The Morgan fingerprint density at radius 2 is 1.83 bits per heavy atom. The van der Waals surface area contributed by atoms with Crippen LogP contribution in [0.5, 0.6) is 0 Å². The summed E-state index contributed by atoms with van der Waals surface area (Å²) in [6, 6.07) is 0.520. The number of aromatic nitrogens is 6. The van der Waals surface area contributed by atoms with Gasteiger partial charge in [-0.15, -0.1) is 0 Å². The van der Waals surface area contributed by atoms with Crippen LogP contribution in [0.2, 0.25) is 0 Å². The second-order valence-corrected chi connectivity index (χ2v) is 9.15. The topological polar surface area (TPSA) is 108 Å². The number of ether oxygens (including phenoxy) is 1. The monoisotopic (exact) mass is 406 g/mol. The highest BCUT2D eigenvalue weighted by atomic mass is 16.5. The van der Waals surface area contributed by atoms with Gasteiger partial charge >= 0.3 is 0 Å². The summed E-state index contributed by atoms with van der Waals surface area (Å²) in [5, 5.41) is 0. The zero-order chi connectivity index (χ0) is 20.5. The van der Waals surface area contributed by atoms with Crippen LogP contribution in [-0.2, 0) is 16.9 Å². The van der Waals surface area contributed by atoms with Crippen LogP contribution < -0.4 is 10.6 Å². The summed E-state index contributed by atoms with van der Waals surface area (Å²) < 4.78 is 8.19. The van der Waals surface area contributed by atoms with Crippen LogP contribution in [0, 0.1) is 5.92 Å². The lowest BCUT2D eigenvalue weighted by molar-refractivity contribution is -0.0530. The molecule has 0 unspecified atom stereocenters. The molecule has 2 bridgehead atoms. The number of anilines is 2. The fraction of sp³-hybridized carbons (Fsp3) is 0.571. The summed E-state index contributed by atoms with van der Waals surface area (Å²) in [6.07, 6.45) is 8.45. The highest BCUT2D eigenvalue weighted by Crippen LogP contribution is 2.41. The van der Waals surface area contributed by atoms with Gasteiger partial charge < -0.3 is 19.9 Å². The van der Waals surface area contributed by atoms with Crippen LogP contribution in [0.15, 0.2) is 12.4 Å². The van der Waals surface area contributed by atoms with E-state index in [1.165, 1.54) is 25.7 Å². The quantitative estimate of drug-likeness (QED) is 0.692. The molecule has 0 aromatic carbocycles. The van der Waals surface area contributed by atoms with E-state index >= 15 is 0 Å². The molecule has 7 rings (SSSR count). The van der Waals surface area contributed by atoms with Gasteiger partial charge in [-0.3, -0.25) is 0 Å². The molecule has 30 heavy (non-hydrogen) atoms. The molecule has 9 heteroatoms. The summed E-state index contributed by atoms with van der Waals surface area (Å²) in [7, 11) is 0. The lowest BCUT2D eigenvalue weighted by atomic mass is 9.80. The van der Waals surface area contributed by atoms with Gasteiger partial charge in [0.2, 0.25) is 5.95 Å². The van der Waals surface area contributed by atoms with Gasteiger partial charge in [0, 0.05) is 31.5 Å². The van der Waals surface area contributed by atoms with Crippen LogP contribution in [0.1, 0.15) is 45.4 Å². The Morgan fingerprint density at radius 3 is 2.53 bits per heavy atom. The first-order valence-corrected chi connectivity index (χ1v) is 10.8. The fourth-order valence-corrected chi connectivity index (χ4v) is 5.22.